The summed E-state index contributed by atoms with van der Waals surface area (Å²) < 4.78 is -0.453. The van der Waals surface area contributed by atoms with E-state index in [1.54, 1.807) is 22.6 Å². The van der Waals surface area contributed by atoms with Gasteiger partial charge in [0.1, 0.15) is 0 Å². The molecule has 0 saturated carbocycles. The number of nitrogens with two attached hydrogens (primary N) is 1. The highest BCUT2D eigenvalue weighted by Crippen LogP contribution is 2.17. The Morgan fingerprint density at radius 1 is 1.78 bits per heavy atom. The summed E-state index contributed by atoms with van der Waals surface area (Å²) in [6, 6.07) is -0.471. The Bertz CT molecular complexity index is 121. The maximum atomic E-state index is 10.6. The summed E-state index contributed by atoms with van der Waals surface area (Å²) >= 11 is 5.82. The van der Waals surface area contributed by atoms with Gasteiger partial charge in [-0.1, -0.05) is 0 Å². The van der Waals surface area contributed by atoms with Crippen molar-refractivity contribution in [3.63, 3.8) is 0 Å². The van der Waals surface area contributed by atoms with E-state index in [4.69, 9.17) is 5.73 Å². The molecular formula is C5H10INOS. The fourth-order valence-corrected chi connectivity index (χ4v) is 1.42. The van der Waals surface area contributed by atoms with Gasteiger partial charge in [0.25, 0.3) is 0 Å². The van der Waals surface area contributed by atoms with Crippen molar-refractivity contribution in [3.8, 4) is 0 Å². The lowest BCUT2D eigenvalue weighted by Gasteiger charge is -2.22. The van der Waals surface area contributed by atoms with Crippen LogP contribution in [0, 0.1) is 0 Å². The first-order valence-corrected chi connectivity index (χ1v) is 4.05. The van der Waals surface area contributed by atoms with E-state index < -0.39 is 10.8 Å². The van der Waals surface area contributed by atoms with Crippen LogP contribution in [-0.4, -0.2) is 14.6 Å². The molecule has 0 saturated heterocycles. The second-order valence-electron chi connectivity index (χ2n) is 2.44. The van der Waals surface area contributed by atoms with Crippen molar-refractivity contribution in [1.29, 1.82) is 0 Å². The molecule has 0 aromatic rings. The van der Waals surface area contributed by atoms with E-state index in [1.807, 2.05) is 13.8 Å². The first kappa shape index (κ1) is 9.71. The van der Waals surface area contributed by atoms with Gasteiger partial charge >= 0.3 is 0 Å². The Labute approximate surface area is 74.1 Å². The molecule has 0 aromatic heterocycles. The minimum atomic E-state index is -0.471. The zero-order valence-electron chi connectivity index (χ0n) is 5.39. The van der Waals surface area contributed by atoms with Crippen LogP contribution < -0.4 is 5.73 Å². The molecule has 0 aliphatic heterocycles. The number of carbonyl (C=O) groups is 1. The van der Waals surface area contributed by atoms with Gasteiger partial charge in [0.05, 0.1) is 6.04 Å². The minimum Gasteiger partial charge on any atom is -0.320 e. The lowest BCUT2D eigenvalue weighted by Crippen LogP contribution is -2.42. The quantitative estimate of drug-likeness (QED) is 0.441. The van der Waals surface area contributed by atoms with Crippen molar-refractivity contribution in [2.75, 3.05) is 0 Å². The van der Waals surface area contributed by atoms with Crippen LogP contribution >= 0.6 is 35.2 Å². The Kier molecular flexibility index (Phi) is 3.46. The smallest absolute Gasteiger partial charge is 0.210 e. The van der Waals surface area contributed by atoms with Crippen molar-refractivity contribution < 1.29 is 4.79 Å². The standard InChI is InChI=1S/C5H10INOS/c1-5(2,9)3(7)4(6)8/h3,9H,7H2,1-2H3/t3-/m1/s1. The first-order chi connectivity index (χ1) is 3.85. The Morgan fingerprint density at radius 2 is 2.11 bits per heavy atom. The summed E-state index contributed by atoms with van der Waals surface area (Å²) in [5.74, 6) is 0. The maximum Gasteiger partial charge on any atom is 0.210 e. The van der Waals surface area contributed by atoms with E-state index in [0.717, 1.165) is 0 Å². The molecule has 0 radical (unpaired) electrons. The second-order valence-corrected chi connectivity index (χ2v) is 4.65. The van der Waals surface area contributed by atoms with E-state index in [2.05, 4.69) is 12.6 Å². The molecule has 0 fully saturated rings. The van der Waals surface area contributed by atoms with Gasteiger partial charge in [-0.25, -0.2) is 0 Å². The van der Waals surface area contributed by atoms with Crippen LogP contribution in [-0.2, 0) is 4.79 Å². The first-order valence-electron chi connectivity index (χ1n) is 2.53. The van der Waals surface area contributed by atoms with E-state index in [0.29, 0.717) is 0 Å². The molecule has 9 heavy (non-hydrogen) atoms. The van der Waals surface area contributed by atoms with Crippen LogP contribution in [0.3, 0.4) is 0 Å². The summed E-state index contributed by atoms with van der Waals surface area (Å²) in [6.07, 6.45) is 0. The molecule has 0 amide bonds. The molecule has 0 aliphatic rings. The van der Waals surface area contributed by atoms with Crippen molar-refractivity contribution in [1.82, 2.24) is 0 Å². The van der Waals surface area contributed by atoms with Crippen LogP contribution in [0.4, 0.5) is 0 Å². The number of hydrogen-bond donors (Lipinski definition) is 2. The van der Waals surface area contributed by atoms with E-state index in [9.17, 15) is 4.79 Å². The summed E-state index contributed by atoms with van der Waals surface area (Å²) in [5, 5.41) is 0. The van der Waals surface area contributed by atoms with E-state index in [1.165, 1.54) is 0 Å². The molecule has 2 N–H and O–H groups in total. The van der Waals surface area contributed by atoms with Crippen LogP contribution in [0.25, 0.3) is 0 Å². The molecule has 54 valence electrons. The Morgan fingerprint density at radius 3 is 2.11 bits per heavy atom. The van der Waals surface area contributed by atoms with Crippen molar-refractivity contribution in [3.05, 3.63) is 0 Å². The Hall–Kier alpha value is 0.710. The monoisotopic (exact) mass is 259 g/mol. The highest BCUT2D eigenvalue weighted by molar-refractivity contribution is 14.1. The maximum absolute atomic E-state index is 10.6. The van der Waals surface area contributed by atoms with Gasteiger partial charge in [-0.05, 0) is 13.8 Å². The predicted octanol–water partition coefficient (Wildman–Crippen LogP) is 0.984. The summed E-state index contributed by atoms with van der Waals surface area (Å²) in [4.78, 5) is 10.6. The van der Waals surface area contributed by atoms with Crippen LogP contribution in [0.15, 0.2) is 0 Å². The Balaban J connectivity index is 4.04. The number of rotatable bonds is 2. The average Bonchev–Trinajstić information content (AvgIpc) is 1.62. The van der Waals surface area contributed by atoms with Crippen molar-refractivity contribution in [2.45, 2.75) is 24.6 Å². The van der Waals surface area contributed by atoms with Gasteiger partial charge in [0, 0.05) is 27.3 Å². The third kappa shape index (κ3) is 3.42. The molecule has 0 bridgehead atoms. The zero-order chi connectivity index (χ0) is 7.65. The summed E-state index contributed by atoms with van der Waals surface area (Å²) in [6.45, 7) is 3.63. The molecule has 4 heteroatoms. The van der Waals surface area contributed by atoms with E-state index in [-0.39, 0.29) is 3.79 Å². The normalized spacial score (nSPS) is 15.2. The number of carbonyl (C=O) groups excluding carboxylic acids is 1. The third-order valence-electron chi connectivity index (χ3n) is 1.01. The number of hydrogen-bond acceptors (Lipinski definition) is 3. The molecule has 1 atom stereocenters. The summed E-state index contributed by atoms with van der Waals surface area (Å²) in [7, 11) is 0. The highest BCUT2D eigenvalue weighted by Gasteiger charge is 2.26. The van der Waals surface area contributed by atoms with Gasteiger partial charge in [-0.15, -0.1) is 0 Å². The van der Waals surface area contributed by atoms with Crippen molar-refractivity contribution >= 4 is 39.0 Å². The largest absolute Gasteiger partial charge is 0.320 e. The lowest BCUT2D eigenvalue weighted by molar-refractivity contribution is -0.110. The summed E-state index contributed by atoms with van der Waals surface area (Å²) in [5.41, 5.74) is 5.46. The van der Waals surface area contributed by atoms with Gasteiger partial charge in [-0.2, -0.15) is 12.6 Å². The number of halogens is 1. The van der Waals surface area contributed by atoms with Gasteiger partial charge in [-0.3, -0.25) is 4.79 Å². The van der Waals surface area contributed by atoms with Crippen LogP contribution in [0.5, 0.6) is 0 Å². The van der Waals surface area contributed by atoms with Gasteiger partial charge in [0.2, 0.25) is 3.79 Å². The molecule has 0 aromatic carbocycles. The molecule has 0 unspecified atom stereocenters. The molecule has 2 nitrogen and oxygen atoms in total. The molecule has 0 spiro atoms. The predicted molar refractivity (Wildman–Crippen MR) is 50.1 cm³/mol. The molecule has 0 heterocycles. The fourth-order valence-electron chi connectivity index (χ4n) is 0.278. The van der Waals surface area contributed by atoms with Crippen LogP contribution in [0.2, 0.25) is 0 Å². The lowest BCUT2D eigenvalue weighted by atomic mass is 10.1. The highest BCUT2D eigenvalue weighted by atomic mass is 127. The van der Waals surface area contributed by atoms with Crippen LogP contribution in [0.1, 0.15) is 13.8 Å². The topological polar surface area (TPSA) is 43.1 Å². The zero-order valence-corrected chi connectivity index (χ0v) is 8.44. The second kappa shape index (κ2) is 3.21. The fraction of sp³-hybridized carbons (Fsp3) is 0.800. The molecular weight excluding hydrogens is 249 g/mol. The SMILES string of the molecule is CC(C)(S)[C@H](N)C(=O)I. The minimum absolute atomic E-state index is 0.0485. The number of thiol groups is 1. The average molecular weight is 259 g/mol. The van der Waals surface area contributed by atoms with E-state index >= 15 is 0 Å². The van der Waals surface area contributed by atoms with Crippen molar-refractivity contribution in [2.24, 2.45) is 5.73 Å². The molecule has 0 rings (SSSR count). The van der Waals surface area contributed by atoms with Gasteiger partial charge in [0.15, 0.2) is 0 Å². The third-order valence-corrected chi connectivity index (χ3v) is 1.95. The molecule has 0 aliphatic carbocycles. The van der Waals surface area contributed by atoms with Gasteiger partial charge < -0.3 is 5.73 Å².